The number of hydrogen-bond acceptors (Lipinski definition) is 5. The van der Waals surface area contributed by atoms with E-state index in [9.17, 15) is 4.79 Å². The van der Waals surface area contributed by atoms with Gasteiger partial charge in [-0.1, -0.05) is 13.8 Å². The fourth-order valence-corrected chi connectivity index (χ4v) is 1.93. The van der Waals surface area contributed by atoms with Crippen LogP contribution in [0.2, 0.25) is 0 Å². The lowest BCUT2D eigenvalue weighted by Gasteiger charge is -2.09. The van der Waals surface area contributed by atoms with Gasteiger partial charge >= 0.3 is 0 Å². The van der Waals surface area contributed by atoms with Gasteiger partial charge in [-0.25, -0.2) is 15.0 Å². The van der Waals surface area contributed by atoms with Crippen molar-refractivity contribution in [3.05, 3.63) is 42.0 Å². The third-order valence-electron chi connectivity index (χ3n) is 3.19. The predicted molar refractivity (Wildman–Crippen MR) is 81.4 cm³/mol. The number of nitrogens with zero attached hydrogens (tertiary/aromatic N) is 4. The summed E-state index contributed by atoms with van der Waals surface area (Å²) < 4.78 is 7.00. The molecular formula is C15H21N5O2. The van der Waals surface area contributed by atoms with Gasteiger partial charge in [-0.15, -0.1) is 0 Å². The summed E-state index contributed by atoms with van der Waals surface area (Å²) >= 11 is 0. The van der Waals surface area contributed by atoms with E-state index >= 15 is 0 Å². The molecule has 2 rings (SSSR count). The third kappa shape index (κ3) is 4.11. The molecule has 2 aromatic heterocycles. The van der Waals surface area contributed by atoms with Crippen molar-refractivity contribution in [2.45, 2.75) is 32.9 Å². The molecular weight excluding hydrogens is 282 g/mol. The lowest BCUT2D eigenvalue weighted by Crippen LogP contribution is -2.26. The van der Waals surface area contributed by atoms with E-state index in [1.807, 2.05) is 18.4 Å². The van der Waals surface area contributed by atoms with E-state index in [1.54, 1.807) is 31.9 Å². The van der Waals surface area contributed by atoms with E-state index in [0.717, 1.165) is 5.69 Å². The van der Waals surface area contributed by atoms with Crippen LogP contribution in [0.15, 0.2) is 24.8 Å². The topological polar surface area (TPSA) is 81.9 Å². The van der Waals surface area contributed by atoms with Crippen molar-refractivity contribution in [1.82, 2.24) is 24.8 Å². The monoisotopic (exact) mass is 303 g/mol. The summed E-state index contributed by atoms with van der Waals surface area (Å²) in [6.07, 6.45) is 5.07. The van der Waals surface area contributed by atoms with E-state index < -0.39 is 0 Å². The van der Waals surface area contributed by atoms with Crippen LogP contribution in [-0.4, -0.2) is 39.1 Å². The Kier molecular flexibility index (Phi) is 5.60. The third-order valence-corrected chi connectivity index (χ3v) is 3.19. The van der Waals surface area contributed by atoms with Crippen LogP contribution in [0.5, 0.6) is 0 Å². The molecule has 1 amide bonds. The Morgan fingerprint density at radius 2 is 2.27 bits per heavy atom. The smallest absolute Gasteiger partial charge is 0.270 e. The number of carbonyl (C=O) groups excluding carboxylic acids is 1. The molecule has 7 heteroatoms. The van der Waals surface area contributed by atoms with Crippen LogP contribution in [0.3, 0.4) is 0 Å². The summed E-state index contributed by atoms with van der Waals surface area (Å²) in [4.78, 5) is 24.7. The van der Waals surface area contributed by atoms with Crippen molar-refractivity contribution in [2.24, 2.45) is 0 Å². The molecule has 7 nitrogen and oxygen atoms in total. The Balaban J connectivity index is 1.98. The number of imidazole rings is 1. The first-order valence-corrected chi connectivity index (χ1v) is 7.21. The molecule has 2 aromatic rings. The van der Waals surface area contributed by atoms with Gasteiger partial charge in [0.25, 0.3) is 5.91 Å². The molecule has 0 saturated heterocycles. The van der Waals surface area contributed by atoms with E-state index in [4.69, 9.17) is 4.74 Å². The van der Waals surface area contributed by atoms with Crippen LogP contribution >= 0.6 is 0 Å². The predicted octanol–water partition coefficient (Wildman–Crippen LogP) is 1.37. The fourth-order valence-electron chi connectivity index (χ4n) is 1.93. The van der Waals surface area contributed by atoms with E-state index in [2.05, 4.69) is 20.3 Å². The molecule has 0 aliphatic rings. The van der Waals surface area contributed by atoms with Gasteiger partial charge in [0, 0.05) is 32.0 Å². The van der Waals surface area contributed by atoms with Gasteiger partial charge in [-0.05, 0) is 6.07 Å². The standard InChI is InChI=1S/C15H21N5O2/c1-11(2)14-17-5-4-13(19-14)15(21)18-9-12-8-16-10-20(12)6-7-22-3/h4-5,8,10-11H,6-7,9H2,1-3H3,(H,18,21). The molecule has 0 fully saturated rings. The Hall–Kier alpha value is -2.28. The highest BCUT2D eigenvalue weighted by molar-refractivity contribution is 5.92. The molecule has 0 aliphatic carbocycles. The van der Waals surface area contributed by atoms with Crippen molar-refractivity contribution in [1.29, 1.82) is 0 Å². The number of ether oxygens (including phenoxy) is 1. The number of amides is 1. The molecule has 0 atom stereocenters. The van der Waals surface area contributed by atoms with Crippen molar-refractivity contribution in [3.63, 3.8) is 0 Å². The Labute approximate surface area is 129 Å². The lowest BCUT2D eigenvalue weighted by molar-refractivity contribution is 0.0944. The molecule has 1 N–H and O–H groups in total. The zero-order valence-corrected chi connectivity index (χ0v) is 13.1. The van der Waals surface area contributed by atoms with Crippen molar-refractivity contribution in [3.8, 4) is 0 Å². The average Bonchev–Trinajstić information content (AvgIpc) is 2.98. The molecule has 2 heterocycles. The maximum atomic E-state index is 12.2. The van der Waals surface area contributed by atoms with Crippen LogP contribution in [0.25, 0.3) is 0 Å². The number of carbonyl (C=O) groups is 1. The number of nitrogens with one attached hydrogen (secondary N) is 1. The van der Waals surface area contributed by atoms with Crippen LogP contribution in [0.1, 0.15) is 41.8 Å². The maximum Gasteiger partial charge on any atom is 0.270 e. The second-order valence-electron chi connectivity index (χ2n) is 5.21. The summed E-state index contributed by atoms with van der Waals surface area (Å²) in [6, 6.07) is 1.61. The molecule has 22 heavy (non-hydrogen) atoms. The van der Waals surface area contributed by atoms with E-state index in [0.29, 0.717) is 31.2 Å². The molecule has 0 aromatic carbocycles. The van der Waals surface area contributed by atoms with Crippen molar-refractivity contribution < 1.29 is 9.53 Å². The van der Waals surface area contributed by atoms with E-state index in [-0.39, 0.29) is 11.8 Å². The SMILES string of the molecule is COCCn1cncc1CNC(=O)c1ccnc(C(C)C)n1. The zero-order valence-electron chi connectivity index (χ0n) is 13.1. The Bertz CT molecular complexity index is 624. The Morgan fingerprint density at radius 3 is 3.00 bits per heavy atom. The van der Waals surface area contributed by atoms with Gasteiger partial charge < -0.3 is 14.6 Å². The van der Waals surface area contributed by atoms with Crippen LogP contribution < -0.4 is 5.32 Å². The summed E-state index contributed by atoms with van der Waals surface area (Å²) in [7, 11) is 1.65. The van der Waals surface area contributed by atoms with E-state index in [1.165, 1.54) is 0 Å². The minimum absolute atomic E-state index is 0.184. The maximum absolute atomic E-state index is 12.2. The van der Waals surface area contributed by atoms with Crippen LogP contribution in [0.4, 0.5) is 0 Å². The fraction of sp³-hybridized carbons (Fsp3) is 0.467. The normalized spacial score (nSPS) is 10.9. The summed E-state index contributed by atoms with van der Waals surface area (Å²) in [6.45, 7) is 5.67. The van der Waals surface area contributed by atoms with Crippen molar-refractivity contribution in [2.75, 3.05) is 13.7 Å². The number of rotatable bonds is 7. The Morgan fingerprint density at radius 1 is 1.45 bits per heavy atom. The average molecular weight is 303 g/mol. The van der Waals surface area contributed by atoms with Gasteiger partial charge in [-0.3, -0.25) is 4.79 Å². The molecule has 0 aliphatic heterocycles. The first-order chi connectivity index (χ1) is 10.6. The molecule has 0 spiro atoms. The second kappa shape index (κ2) is 7.65. The highest BCUT2D eigenvalue weighted by atomic mass is 16.5. The molecule has 118 valence electrons. The minimum Gasteiger partial charge on any atom is -0.383 e. The molecule has 0 radical (unpaired) electrons. The number of methoxy groups -OCH3 is 1. The lowest BCUT2D eigenvalue weighted by atomic mass is 10.2. The van der Waals surface area contributed by atoms with Gasteiger partial charge in [0.1, 0.15) is 11.5 Å². The summed E-state index contributed by atoms with van der Waals surface area (Å²) in [5.41, 5.74) is 1.30. The van der Waals surface area contributed by atoms with Crippen molar-refractivity contribution >= 4 is 5.91 Å². The zero-order chi connectivity index (χ0) is 15.9. The second-order valence-corrected chi connectivity index (χ2v) is 5.21. The first kappa shape index (κ1) is 16.1. The van der Waals surface area contributed by atoms with Gasteiger partial charge in [-0.2, -0.15) is 0 Å². The molecule has 0 saturated carbocycles. The first-order valence-electron chi connectivity index (χ1n) is 7.21. The van der Waals surface area contributed by atoms with Crippen LogP contribution in [0, 0.1) is 0 Å². The largest absolute Gasteiger partial charge is 0.383 e. The minimum atomic E-state index is -0.219. The highest BCUT2D eigenvalue weighted by Gasteiger charge is 2.11. The van der Waals surface area contributed by atoms with Crippen LogP contribution in [-0.2, 0) is 17.8 Å². The van der Waals surface area contributed by atoms with Gasteiger partial charge in [0.2, 0.25) is 0 Å². The number of aromatic nitrogens is 4. The van der Waals surface area contributed by atoms with Gasteiger partial charge in [0.05, 0.1) is 25.2 Å². The van der Waals surface area contributed by atoms with Gasteiger partial charge in [0.15, 0.2) is 0 Å². The summed E-state index contributed by atoms with van der Waals surface area (Å²) in [5, 5.41) is 2.85. The molecule has 0 unspecified atom stereocenters. The molecule has 0 bridgehead atoms. The highest BCUT2D eigenvalue weighted by Crippen LogP contribution is 2.08. The number of hydrogen-bond donors (Lipinski definition) is 1. The quantitative estimate of drug-likeness (QED) is 0.835. The summed E-state index contributed by atoms with van der Waals surface area (Å²) in [5.74, 6) is 0.629.